The second kappa shape index (κ2) is 13.4. The van der Waals surface area contributed by atoms with Gasteiger partial charge in [0.25, 0.3) is 0 Å². The number of nitrogens with one attached hydrogen (secondary N) is 2. The Bertz CT molecular complexity index is 1560. The van der Waals surface area contributed by atoms with E-state index in [-0.39, 0.29) is 55.6 Å². The lowest BCUT2D eigenvalue weighted by Crippen LogP contribution is -2.56. The first kappa shape index (κ1) is 31.0. The van der Waals surface area contributed by atoms with Crippen molar-refractivity contribution in [2.75, 3.05) is 26.8 Å². The number of aliphatic hydroxyl groups is 2. The standard InChI is InChI=1S/C33H37N3O8/c1-19(39)6-5-9-28(40)36(12-10-22-16-21-7-3-4-8-25(21)35-22)26-17-24(33(42)34-11-13-37)29-23-14-20(18-38)15-27(43-2)31(23)44-32(29)30(26)41/h3-4,7-8,14-18,26,29-30,32,35,37,41H,5-6,9-13H2,1-2H3,(H,34,42). The maximum absolute atomic E-state index is 13.7. The zero-order chi connectivity index (χ0) is 31.4. The minimum atomic E-state index is -1.24. The third-order valence-electron chi connectivity index (χ3n) is 8.22. The van der Waals surface area contributed by atoms with Crippen molar-refractivity contribution in [3.05, 3.63) is 70.9 Å². The molecule has 0 saturated heterocycles. The molecule has 4 unspecified atom stereocenters. The number of benzene rings is 2. The van der Waals surface area contributed by atoms with Gasteiger partial charge in [0.05, 0.1) is 25.7 Å². The van der Waals surface area contributed by atoms with Gasteiger partial charge in [-0.1, -0.05) is 18.2 Å². The van der Waals surface area contributed by atoms with Gasteiger partial charge >= 0.3 is 0 Å². The Morgan fingerprint density at radius 1 is 1.16 bits per heavy atom. The van der Waals surface area contributed by atoms with Gasteiger partial charge in [-0.3, -0.25) is 14.4 Å². The number of hydrogen-bond donors (Lipinski definition) is 4. The fourth-order valence-electron chi connectivity index (χ4n) is 6.14. The molecule has 232 valence electrons. The van der Waals surface area contributed by atoms with Crippen molar-refractivity contribution in [3.8, 4) is 11.5 Å². The molecule has 5 rings (SSSR count). The van der Waals surface area contributed by atoms with E-state index in [0.29, 0.717) is 36.0 Å². The number of hydrogen-bond acceptors (Lipinski definition) is 8. The van der Waals surface area contributed by atoms with E-state index in [1.807, 2.05) is 30.3 Å². The Morgan fingerprint density at radius 3 is 2.66 bits per heavy atom. The molecule has 0 spiro atoms. The van der Waals surface area contributed by atoms with E-state index in [0.717, 1.165) is 16.6 Å². The number of Topliss-reactive ketones (excluding diaryl/α,β-unsaturated/α-hetero) is 1. The number of amides is 2. The van der Waals surface area contributed by atoms with E-state index in [1.54, 1.807) is 17.0 Å². The highest BCUT2D eigenvalue weighted by Gasteiger charge is 2.51. The first-order chi connectivity index (χ1) is 21.2. The molecule has 1 aromatic heterocycles. The Balaban J connectivity index is 1.53. The quantitative estimate of drug-likeness (QED) is 0.217. The number of aromatic amines is 1. The molecule has 1 aliphatic heterocycles. The van der Waals surface area contributed by atoms with Crippen LogP contribution < -0.4 is 14.8 Å². The highest BCUT2D eigenvalue weighted by molar-refractivity contribution is 5.96. The summed E-state index contributed by atoms with van der Waals surface area (Å²) < 4.78 is 11.7. The van der Waals surface area contributed by atoms with Crippen molar-refractivity contribution in [2.24, 2.45) is 0 Å². The molecule has 4 N–H and O–H groups in total. The smallest absolute Gasteiger partial charge is 0.247 e. The summed E-state index contributed by atoms with van der Waals surface area (Å²) in [6.45, 7) is 1.42. The molecule has 11 nitrogen and oxygen atoms in total. The van der Waals surface area contributed by atoms with Gasteiger partial charge in [-0.2, -0.15) is 0 Å². The van der Waals surface area contributed by atoms with E-state index in [1.165, 1.54) is 20.1 Å². The molecule has 2 aliphatic rings. The van der Waals surface area contributed by atoms with Crippen LogP contribution in [0.2, 0.25) is 0 Å². The predicted octanol–water partition coefficient (Wildman–Crippen LogP) is 2.44. The average molecular weight is 604 g/mol. The average Bonchev–Trinajstić information content (AvgIpc) is 3.62. The largest absolute Gasteiger partial charge is 0.493 e. The van der Waals surface area contributed by atoms with Crippen molar-refractivity contribution in [1.29, 1.82) is 0 Å². The van der Waals surface area contributed by atoms with Crippen LogP contribution in [0.15, 0.2) is 54.1 Å². The molecule has 1 aliphatic carbocycles. The zero-order valence-corrected chi connectivity index (χ0v) is 24.7. The topological polar surface area (TPSA) is 158 Å². The van der Waals surface area contributed by atoms with Gasteiger partial charge in [0, 0.05) is 60.3 Å². The number of H-pyrrole nitrogens is 1. The summed E-state index contributed by atoms with van der Waals surface area (Å²) in [5.74, 6) is -0.941. The second-order valence-electron chi connectivity index (χ2n) is 11.2. The Kier molecular flexibility index (Phi) is 9.46. The van der Waals surface area contributed by atoms with Crippen LogP contribution in [0.5, 0.6) is 11.5 Å². The van der Waals surface area contributed by atoms with Gasteiger partial charge in [0.1, 0.15) is 24.3 Å². The lowest BCUT2D eigenvalue weighted by Gasteiger charge is -2.40. The highest BCUT2D eigenvalue weighted by atomic mass is 16.5. The van der Waals surface area contributed by atoms with Crippen molar-refractivity contribution in [1.82, 2.24) is 15.2 Å². The molecular weight excluding hydrogens is 566 g/mol. The maximum Gasteiger partial charge on any atom is 0.247 e. The molecule has 0 fully saturated rings. The van der Waals surface area contributed by atoms with Crippen LogP contribution in [0.4, 0.5) is 0 Å². The fourth-order valence-corrected chi connectivity index (χ4v) is 6.14. The van der Waals surface area contributed by atoms with E-state index in [9.17, 15) is 29.4 Å². The van der Waals surface area contributed by atoms with Gasteiger partial charge in [0.2, 0.25) is 11.8 Å². The van der Waals surface area contributed by atoms with Crippen LogP contribution in [0.3, 0.4) is 0 Å². The van der Waals surface area contributed by atoms with Crippen molar-refractivity contribution in [2.45, 2.75) is 56.8 Å². The number of aromatic nitrogens is 1. The third kappa shape index (κ3) is 6.24. The lowest BCUT2D eigenvalue weighted by atomic mass is 9.77. The predicted molar refractivity (Wildman–Crippen MR) is 162 cm³/mol. The van der Waals surface area contributed by atoms with Crippen molar-refractivity contribution >= 4 is 34.8 Å². The summed E-state index contributed by atoms with van der Waals surface area (Å²) in [5.41, 5.74) is 2.94. The number of aldehydes is 1. The lowest BCUT2D eigenvalue weighted by molar-refractivity contribution is -0.137. The van der Waals surface area contributed by atoms with Crippen LogP contribution >= 0.6 is 0 Å². The Hall–Kier alpha value is -4.48. The minimum absolute atomic E-state index is 0.000266. The summed E-state index contributed by atoms with van der Waals surface area (Å²) in [4.78, 5) is 55.5. The van der Waals surface area contributed by atoms with E-state index >= 15 is 0 Å². The SMILES string of the molecule is COc1cc(C=O)cc2c1OC1C2C(C(=O)NCCO)=CC(N(CCc2cc3ccccc3[nH]2)C(=O)CCCC(C)=O)C1O. The molecule has 2 heterocycles. The van der Waals surface area contributed by atoms with Gasteiger partial charge in [-0.25, -0.2) is 0 Å². The minimum Gasteiger partial charge on any atom is -0.493 e. The first-order valence-corrected chi connectivity index (χ1v) is 14.7. The maximum atomic E-state index is 13.7. The number of methoxy groups -OCH3 is 1. The number of aliphatic hydroxyl groups excluding tert-OH is 2. The zero-order valence-electron chi connectivity index (χ0n) is 24.7. The Labute approximate surface area is 254 Å². The number of carbonyl (C=O) groups excluding carboxylic acids is 4. The molecule has 4 atom stereocenters. The van der Waals surface area contributed by atoms with Crippen molar-refractivity contribution < 1.29 is 38.9 Å². The molecule has 11 heteroatoms. The monoisotopic (exact) mass is 603 g/mol. The molecular formula is C33H37N3O8. The van der Waals surface area contributed by atoms with Crippen LogP contribution in [0.25, 0.3) is 10.9 Å². The number of ketones is 1. The van der Waals surface area contributed by atoms with E-state index in [4.69, 9.17) is 9.47 Å². The Morgan fingerprint density at radius 2 is 1.95 bits per heavy atom. The second-order valence-corrected chi connectivity index (χ2v) is 11.2. The van der Waals surface area contributed by atoms with Crippen LogP contribution in [-0.2, 0) is 20.8 Å². The molecule has 0 radical (unpaired) electrons. The number of carbonyl (C=O) groups is 4. The van der Waals surface area contributed by atoms with E-state index in [2.05, 4.69) is 10.3 Å². The molecule has 0 saturated carbocycles. The normalized spacial score (nSPS) is 20.2. The molecule has 2 aromatic carbocycles. The summed E-state index contributed by atoms with van der Waals surface area (Å²) >= 11 is 0. The number of nitrogens with zero attached hydrogens (tertiary/aromatic N) is 1. The third-order valence-corrected chi connectivity index (χ3v) is 8.22. The number of fused-ring (bicyclic) bond motifs is 4. The van der Waals surface area contributed by atoms with E-state index < -0.39 is 30.1 Å². The molecule has 2 amide bonds. The van der Waals surface area contributed by atoms with Crippen molar-refractivity contribution in [3.63, 3.8) is 0 Å². The molecule has 3 aromatic rings. The van der Waals surface area contributed by atoms with Gasteiger partial charge in [-0.15, -0.1) is 0 Å². The summed E-state index contributed by atoms with van der Waals surface area (Å²) in [5, 5.41) is 24.9. The van der Waals surface area contributed by atoms with Gasteiger partial charge < -0.3 is 39.7 Å². The number of para-hydroxylation sites is 1. The number of rotatable bonds is 13. The summed E-state index contributed by atoms with van der Waals surface area (Å²) in [7, 11) is 1.44. The van der Waals surface area contributed by atoms with Crippen LogP contribution in [0.1, 0.15) is 53.7 Å². The highest BCUT2D eigenvalue weighted by Crippen LogP contribution is 2.51. The van der Waals surface area contributed by atoms with Gasteiger partial charge in [-0.05, 0) is 49.1 Å². The number of ether oxygens (including phenoxy) is 2. The van der Waals surface area contributed by atoms with Crippen LogP contribution in [-0.4, -0.2) is 89.0 Å². The summed E-state index contributed by atoms with van der Waals surface area (Å²) in [6, 6.07) is 12.0. The molecule has 0 bridgehead atoms. The fraction of sp³-hybridized carbons (Fsp3) is 0.394. The first-order valence-electron chi connectivity index (χ1n) is 14.7. The summed E-state index contributed by atoms with van der Waals surface area (Å²) in [6.07, 6.45) is 1.18. The molecule has 44 heavy (non-hydrogen) atoms. The van der Waals surface area contributed by atoms with Crippen LogP contribution in [0, 0.1) is 0 Å². The van der Waals surface area contributed by atoms with Gasteiger partial charge in [0.15, 0.2) is 11.5 Å².